The van der Waals surface area contributed by atoms with Crippen molar-refractivity contribution in [2.75, 3.05) is 0 Å². The fraction of sp³-hybridized carbons (Fsp3) is 0.143. The predicted octanol–water partition coefficient (Wildman–Crippen LogP) is 3.73. The van der Waals surface area contributed by atoms with Crippen LogP contribution in [0.15, 0.2) is 45.5 Å². The number of halogens is 1. The van der Waals surface area contributed by atoms with E-state index in [1.807, 2.05) is 30.3 Å². The van der Waals surface area contributed by atoms with Crippen molar-refractivity contribution in [1.29, 1.82) is 0 Å². The van der Waals surface area contributed by atoms with Crippen LogP contribution in [-0.4, -0.2) is 29.6 Å². The number of rotatable bonds is 4. The number of benzene rings is 1. The minimum Gasteiger partial charge on any atom is -0.282 e. The van der Waals surface area contributed by atoms with Gasteiger partial charge in [0.25, 0.3) is 0 Å². The minimum atomic E-state index is 0.696. The number of hydrogen-bond donors (Lipinski definition) is 0. The molecular weight excluding hydrogens is 396 g/mol. The molecule has 0 aliphatic carbocycles. The van der Waals surface area contributed by atoms with E-state index in [9.17, 15) is 0 Å². The van der Waals surface area contributed by atoms with E-state index in [0.717, 1.165) is 26.1 Å². The van der Waals surface area contributed by atoms with Gasteiger partial charge in [-0.15, -0.1) is 16.4 Å². The van der Waals surface area contributed by atoms with Crippen molar-refractivity contribution in [2.45, 2.75) is 17.8 Å². The van der Waals surface area contributed by atoms with Gasteiger partial charge in [-0.05, 0) is 45.4 Å². The van der Waals surface area contributed by atoms with Gasteiger partial charge < -0.3 is 0 Å². The molecule has 116 valence electrons. The zero-order chi connectivity index (χ0) is 15.8. The summed E-state index contributed by atoms with van der Waals surface area (Å²) in [7, 11) is 0. The van der Waals surface area contributed by atoms with Crippen LogP contribution in [-0.2, 0) is 5.75 Å². The molecule has 3 aromatic heterocycles. The van der Waals surface area contributed by atoms with Gasteiger partial charge in [-0.3, -0.25) is 4.40 Å². The number of nitrogens with zero attached hydrogens (tertiary/aromatic N) is 6. The molecule has 1 aromatic carbocycles. The number of thioether (sulfide) groups is 1. The summed E-state index contributed by atoms with van der Waals surface area (Å²) < 4.78 is 4.85. The third-order valence-electron chi connectivity index (χ3n) is 3.32. The van der Waals surface area contributed by atoms with E-state index < -0.39 is 0 Å². The van der Waals surface area contributed by atoms with Crippen molar-refractivity contribution < 1.29 is 0 Å². The molecule has 4 rings (SSSR count). The number of aryl methyl sites for hydroxylation is 1. The number of fused-ring (bicyclic) bond motifs is 1. The topological polar surface area (TPSA) is 60.9 Å². The first kappa shape index (κ1) is 14.9. The summed E-state index contributed by atoms with van der Waals surface area (Å²) in [5, 5.41) is 14.8. The van der Waals surface area contributed by atoms with E-state index in [1.54, 1.807) is 27.8 Å². The summed E-state index contributed by atoms with van der Waals surface area (Å²) in [6.45, 7) is 2.07. The molecule has 0 radical (unpaired) electrons. The Balaban J connectivity index is 1.60. The molecule has 23 heavy (non-hydrogen) atoms. The normalized spacial score (nSPS) is 11.4. The van der Waals surface area contributed by atoms with Crippen LogP contribution in [0.1, 0.15) is 11.4 Å². The van der Waals surface area contributed by atoms with E-state index in [4.69, 9.17) is 0 Å². The van der Waals surface area contributed by atoms with E-state index in [-0.39, 0.29) is 0 Å². The number of imidazole rings is 1. The minimum absolute atomic E-state index is 0.696. The van der Waals surface area contributed by atoms with Crippen LogP contribution in [0.4, 0.5) is 0 Å². The second kappa shape index (κ2) is 6.06. The summed E-state index contributed by atoms with van der Waals surface area (Å²) in [5.41, 5.74) is 3.11. The second-order valence-corrected chi connectivity index (χ2v) is 7.37. The zero-order valence-electron chi connectivity index (χ0n) is 12.0. The largest absolute Gasteiger partial charge is 0.282 e. The monoisotopic (exact) mass is 406 g/mol. The Morgan fingerprint density at radius 3 is 2.87 bits per heavy atom. The molecule has 0 saturated heterocycles. The molecule has 0 atom stereocenters. The first-order chi connectivity index (χ1) is 11.2. The van der Waals surface area contributed by atoms with Gasteiger partial charge >= 0.3 is 0 Å². The smallest absolute Gasteiger partial charge is 0.214 e. The average Bonchev–Trinajstić information content (AvgIpc) is 3.25. The maximum absolute atomic E-state index is 4.67. The predicted molar refractivity (Wildman–Crippen MR) is 94.2 cm³/mol. The highest BCUT2D eigenvalue weighted by Gasteiger charge is 2.15. The highest BCUT2D eigenvalue weighted by atomic mass is 79.9. The molecule has 0 unspecified atom stereocenters. The molecule has 0 saturated carbocycles. The van der Waals surface area contributed by atoms with Crippen molar-refractivity contribution in [3.05, 3.63) is 51.7 Å². The third-order valence-corrected chi connectivity index (χ3v) is 6.01. The zero-order valence-corrected chi connectivity index (χ0v) is 15.3. The lowest BCUT2D eigenvalue weighted by molar-refractivity contribution is 0.756. The number of para-hydroxylation sites is 1. The molecule has 0 aliphatic heterocycles. The third kappa shape index (κ3) is 2.68. The van der Waals surface area contributed by atoms with Gasteiger partial charge in [0.05, 0.1) is 11.4 Å². The van der Waals surface area contributed by atoms with E-state index in [2.05, 4.69) is 53.1 Å². The molecule has 9 heteroatoms. The van der Waals surface area contributed by atoms with Crippen molar-refractivity contribution >= 4 is 44.0 Å². The molecule has 0 aliphatic rings. The molecule has 6 nitrogen and oxygen atoms in total. The van der Waals surface area contributed by atoms with Gasteiger partial charge in [0.1, 0.15) is 4.60 Å². The van der Waals surface area contributed by atoms with Crippen LogP contribution in [0.5, 0.6) is 0 Å². The van der Waals surface area contributed by atoms with Crippen LogP contribution >= 0.6 is 39.0 Å². The lowest BCUT2D eigenvalue weighted by Crippen LogP contribution is -1.98. The Morgan fingerprint density at radius 1 is 1.26 bits per heavy atom. The maximum Gasteiger partial charge on any atom is 0.214 e. The van der Waals surface area contributed by atoms with E-state index >= 15 is 0 Å². The maximum atomic E-state index is 4.67. The second-order valence-electron chi connectivity index (χ2n) is 4.84. The summed E-state index contributed by atoms with van der Waals surface area (Å²) >= 11 is 6.85. The standard InChI is InChI=1S/C14H11BrN6S2/c1-9-7-22-13-16-11(12(15)20(9)13)8-23-14-17-18-19-21(14)10-5-3-2-4-6-10/h2-7H,8H2,1H3. The van der Waals surface area contributed by atoms with Crippen LogP contribution in [0.25, 0.3) is 10.6 Å². The summed E-state index contributed by atoms with van der Waals surface area (Å²) in [4.78, 5) is 5.66. The van der Waals surface area contributed by atoms with Crippen LogP contribution in [0, 0.1) is 6.92 Å². The van der Waals surface area contributed by atoms with Gasteiger partial charge in [0, 0.05) is 16.8 Å². The van der Waals surface area contributed by atoms with Crippen molar-refractivity contribution in [1.82, 2.24) is 29.6 Å². The highest BCUT2D eigenvalue weighted by Crippen LogP contribution is 2.30. The van der Waals surface area contributed by atoms with Gasteiger partial charge in [0.15, 0.2) is 4.96 Å². The fourth-order valence-corrected chi connectivity index (χ4v) is 4.91. The number of hydrogen-bond acceptors (Lipinski definition) is 6. The van der Waals surface area contributed by atoms with Crippen LogP contribution < -0.4 is 0 Å². The molecule has 4 aromatic rings. The van der Waals surface area contributed by atoms with Gasteiger partial charge in [-0.2, -0.15) is 4.68 Å². The average molecular weight is 407 g/mol. The Kier molecular flexibility index (Phi) is 3.92. The Labute approximate surface area is 148 Å². The van der Waals surface area contributed by atoms with Crippen LogP contribution in [0.2, 0.25) is 0 Å². The van der Waals surface area contributed by atoms with Crippen molar-refractivity contribution in [2.24, 2.45) is 0 Å². The van der Waals surface area contributed by atoms with Gasteiger partial charge in [-0.25, -0.2) is 4.98 Å². The van der Waals surface area contributed by atoms with E-state index in [0.29, 0.717) is 5.75 Å². The summed E-state index contributed by atoms with van der Waals surface area (Å²) in [6.07, 6.45) is 0. The number of thiazole rings is 1. The van der Waals surface area contributed by atoms with Gasteiger partial charge in [-0.1, -0.05) is 30.0 Å². The van der Waals surface area contributed by atoms with Gasteiger partial charge in [0.2, 0.25) is 5.16 Å². The quantitative estimate of drug-likeness (QED) is 0.483. The highest BCUT2D eigenvalue weighted by molar-refractivity contribution is 9.10. The lowest BCUT2D eigenvalue weighted by Gasteiger charge is -2.03. The number of aromatic nitrogens is 6. The Hall–Kier alpha value is -1.71. The molecule has 0 fully saturated rings. The molecule has 0 spiro atoms. The van der Waals surface area contributed by atoms with Crippen molar-refractivity contribution in [3.63, 3.8) is 0 Å². The number of tetrazole rings is 1. The van der Waals surface area contributed by atoms with Crippen molar-refractivity contribution in [3.8, 4) is 5.69 Å². The summed E-state index contributed by atoms with van der Waals surface area (Å²) in [5.74, 6) is 0.696. The van der Waals surface area contributed by atoms with Crippen LogP contribution in [0.3, 0.4) is 0 Å². The Bertz CT molecular complexity index is 958. The molecule has 0 N–H and O–H groups in total. The fourth-order valence-electron chi connectivity index (χ4n) is 2.22. The summed E-state index contributed by atoms with van der Waals surface area (Å²) in [6, 6.07) is 9.86. The first-order valence-electron chi connectivity index (χ1n) is 6.81. The van der Waals surface area contributed by atoms with E-state index in [1.165, 1.54) is 5.69 Å². The molecule has 0 bridgehead atoms. The first-order valence-corrected chi connectivity index (χ1v) is 9.47. The SMILES string of the molecule is Cc1csc2nc(CSc3nnnn3-c3ccccc3)c(Br)n12. The molecule has 0 amide bonds. The molecular formula is C14H11BrN6S2. The molecule has 3 heterocycles. The lowest BCUT2D eigenvalue weighted by atomic mass is 10.3. The Morgan fingerprint density at radius 2 is 2.09 bits per heavy atom.